The molecule has 2 aliphatic carbocycles. The summed E-state index contributed by atoms with van der Waals surface area (Å²) in [4.78, 5) is 42.7. The van der Waals surface area contributed by atoms with Crippen molar-refractivity contribution in [3.05, 3.63) is 23.3 Å². The molecule has 12 heteroatoms. The summed E-state index contributed by atoms with van der Waals surface area (Å²) in [5.74, 6) is 0.759. The van der Waals surface area contributed by atoms with Crippen LogP contribution in [0, 0.1) is 5.92 Å². The maximum atomic E-state index is 12.8. The van der Waals surface area contributed by atoms with Crippen LogP contribution in [0.5, 0.6) is 11.5 Å². The number of benzene rings is 1. The van der Waals surface area contributed by atoms with E-state index in [0.717, 1.165) is 24.0 Å². The number of rotatable bonds is 9. The van der Waals surface area contributed by atoms with Crippen molar-refractivity contribution in [2.75, 3.05) is 33.7 Å². The molecule has 0 bridgehead atoms. The largest absolute Gasteiger partial charge is 0.478 e. The van der Waals surface area contributed by atoms with Gasteiger partial charge in [-0.2, -0.15) is 0 Å². The molecule has 1 fully saturated rings. The van der Waals surface area contributed by atoms with E-state index in [2.05, 4.69) is 15.6 Å². The van der Waals surface area contributed by atoms with E-state index in [1.807, 2.05) is 13.1 Å². The maximum absolute atomic E-state index is 12.8. The lowest BCUT2D eigenvalue weighted by Crippen LogP contribution is -2.49. The van der Waals surface area contributed by atoms with E-state index in [1.54, 1.807) is 13.1 Å². The second-order valence-corrected chi connectivity index (χ2v) is 9.58. The van der Waals surface area contributed by atoms with Crippen LogP contribution in [0.3, 0.4) is 0 Å². The Bertz CT molecular complexity index is 1060. The zero-order valence-corrected chi connectivity index (χ0v) is 20.7. The topological polar surface area (TPSA) is 187 Å². The number of ketones is 1. The average Bonchev–Trinajstić information content (AvgIpc) is 3.26. The summed E-state index contributed by atoms with van der Waals surface area (Å²) in [6, 6.07) is 3.20. The van der Waals surface area contributed by atoms with E-state index in [-0.39, 0.29) is 49.2 Å². The maximum Gasteiger partial charge on any atom is 0.415 e. The van der Waals surface area contributed by atoms with Gasteiger partial charge in [-0.3, -0.25) is 14.6 Å². The van der Waals surface area contributed by atoms with Gasteiger partial charge < -0.3 is 42.2 Å². The number of carbonyl (C=O) groups excluding carboxylic acids is 3. The standard InChI is InChI=1S/C24H35N7O5/c1-28-15-11-12-3-6-17(21-18(12)19-13(15)4-5-16(32)20(19)36-21)35-24(34)31(2)10-9-29-22(33)14(25)7-8-30-23(26)27/h3,6,13-15,19-20,28H,4-5,7-11,25H2,1-2H3,(H,29,33)(H4,26,27,30)/t13?,14?,15-,19?,20?/m1/s1. The molecule has 4 unspecified atom stereocenters. The molecule has 36 heavy (non-hydrogen) atoms. The van der Waals surface area contributed by atoms with Gasteiger partial charge in [0.05, 0.1) is 6.04 Å². The number of amides is 2. The fourth-order valence-corrected chi connectivity index (χ4v) is 5.41. The molecule has 4 rings (SSSR count). The predicted octanol–water partition coefficient (Wildman–Crippen LogP) is -0.808. The lowest BCUT2D eigenvalue weighted by atomic mass is 9.65. The molecule has 1 aromatic rings. The Morgan fingerprint density at radius 1 is 1.33 bits per heavy atom. The minimum Gasteiger partial charge on any atom is -0.478 e. The third-order valence-corrected chi connectivity index (χ3v) is 7.31. The van der Waals surface area contributed by atoms with Gasteiger partial charge in [0, 0.05) is 50.6 Å². The van der Waals surface area contributed by atoms with Crippen LogP contribution in [0.2, 0.25) is 0 Å². The summed E-state index contributed by atoms with van der Waals surface area (Å²) < 4.78 is 11.8. The SMILES string of the molecule is CN[C@@H]1Cc2ccc(OC(=O)N(C)CCNC(=O)C(N)CCN=C(N)N)c3c2C2C(O3)C(=O)CCC21. The fraction of sp³-hybridized carbons (Fsp3) is 0.583. The number of likely N-dealkylation sites (N-methyl/N-ethyl adjacent to an activating group) is 2. The second-order valence-electron chi connectivity index (χ2n) is 9.58. The summed E-state index contributed by atoms with van der Waals surface area (Å²) in [5, 5.41) is 6.09. The third kappa shape index (κ3) is 5.09. The highest BCUT2D eigenvalue weighted by Gasteiger charge is 2.53. The van der Waals surface area contributed by atoms with E-state index in [4.69, 9.17) is 26.7 Å². The van der Waals surface area contributed by atoms with Crippen LogP contribution in [0.1, 0.15) is 36.3 Å². The van der Waals surface area contributed by atoms with Gasteiger partial charge in [-0.1, -0.05) is 6.07 Å². The molecule has 3 aliphatic rings. The Hall–Kier alpha value is -3.38. The van der Waals surface area contributed by atoms with Crippen LogP contribution < -0.4 is 37.3 Å². The van der Waals surface area contributed by atoms with Crippen LogP contribution in [0.4, 0.5) is 4.79 Å². The summed E-state index contributed by atoms with van der Waals surface area (Å²) >= 11 is 0. The number of hydrogen-bond acceptors (Lipinski definition) is 8. The number of carbonyl (C=O) groups is 3. The van der Waals surface area contributed by atoms with Crippen molar-refractivity contribution in [3.63, 3.8) is 0 Å². The van der Waals surface area contributed by atoms with Crippen molar-refractivity contribution >= 4 is 23.7 Å². The predicted molar refractivity (Wildman–Crippen MR) is 133 cm³/mol. The monoisotopic (exact) mass is 501 g/mol. The van der Waals surface area contributed by atoms with Crippen molar-refractivity contribution in [1.82, 2.24) is 15.5 Å². The van der Waals surface area contributed by atoms with Gasteiger partial charge in [-0.25, -0.2) is 4.79 Å². The Kier molecular flexibility index (Phi) is 7.65. The van der Waals surface area contributed by atoms with E-state index in [0.29, 0.717) is 30.3 Å². The van der Waals surface area contributed by atoms with E-state index >= 15 is 0 Å². The molecule has 8 N–H and O–H groups in total. The van der Waals surface area contributed by atoms with Gasteiger partial charge in [0.15, 0.2) is 29.3 Å². The molecule has 0 aromatic heterocycles. The van der Waals surface area contributed by atoms with E-state index in [1.165, 1.54) is 4.90 Å². The number of guanidine groups is 1. The molecular weight excluding hydrogens is 466 g/mol. The van der Waals surface area contributed by atoms with Crippen LogP contribution >= 0.6 is 0 Å². The molecule has 1 aliphatic heterocycles. The van der Waals surface area contributed by atoms with Crippen LogP contribution in [-0.4, -0.2) is 80.6 Å². The molecule has 196 valence electrons. The molecule has 0 radical (unpaired) electrons. The molecule has 1 aromatic carbocycles. The molecule has 0 saturated heterocycles. The summed E-state index contributed by atoms with van der Waals surface area (Å²) in [7, 11) is 3.52. The minimum absolute atomic E-state index is 0.0229. The van der Waals surface area contributed by atoms with Crippen molar-refractivity contribution in [2.45, 2.75) is 49.8 Å². The zero-order chi connectivity index (χ0) is 26.0. The third-order valence-electron chi connectivity index (χ3n) is 7.31. The number of nitrogens with two attached hydrogens (primary N) is 3. The Morgan fingerprint density at radius 2 is 2.11 bits per heavy atom. The lowest BCUT2D eigenvalue weighted by Gasteiger charge is -2.41. The molecule has 12 nitrogen and oxygen atoms in total. The molecule has 2 amide bonds. The number of ether oxygens (including phenoxy) is 2. The molecule has 1 saturated carbocycles. The molecule has 1 heterocycles. The number of hydrogen-bond donors (Lipinski definition) is 5. The van der Waals surface area contributed by atoms with Gasteiger partial charge in [0.25, 0.3) is 0 Å². The van der Waals surface area contributed by atoms with Gasteiger partial charge in [-0.15, -0.1) is 0 Å². The number of Topliss-reactive ketones (excluding diaryl/α,β-unsaturated/α-hetero) is 1. The van der Waals surface area contributed by atoms with Gasteiger partial charge in [0.2, 0.25) is 5.91 Å². The van der Waals surface area contributed by atoms with Crippen molar-refractivity contribution in [2.24, 2.45) is 28.1 Å². The number of nitrogens with one attached hydrogen (secondary N) is 2. The molecular formula is C24H35N7O5. The molecule has 0 spiro atoms. The van der Waals surface area contributed by atoms with E-state index in [9.17, 15) is 14.4 Å². The first-order chi connectivity index (χ1) is 17.2. The Labute approximate surface area is 209 Å². The summed E-state index contributed by atoms with van der Waals surface area (Å²) in [5.41, 5.74) is 18.5. The average molecular weight is 502 g/mol. The highest BCUT2D eigenvalue weighted by molar-refractivity contribution is 5.88. The summed E-state index contributed by atoms with van der Waals surface area (Å²) in [6.07, 6.45) is 1.33. The molecule has 5 atom stereocenters. The Morgan fingerprint density at radius 3 is 2.83 bits per heavy atom. The van der Waals surface area contributed by atoms with Gasteiger partial charge >= 0.3 is 6.09 Å². The van der Waals surface area contributed by atoms with Crippen LogP contribution in [0.15, 0.2) is 17.1 Å². The normalized spacial score (nSPS) is 24.2. The van der Waals surface area contributed by atoms with E-state index < -0.39 is 18.2 Å². The highest BCUT2D eigenvalue weighted by atomic mass is 16.6. The quantitative estimate of drug-likeness (QED) is 0.213. The lowest BCUT2D eigenvalue weighted by molar-refractivity contribution is -0.129. The van der Waals surface area contributed by atoms with Crippen LogP contribution in [-0.2, 0) is 16.0 Å². The zero-order valence-electron chi connectivity index (χ0n) is 20.7. The second kappa shape index (κ2) is 10.7. The number of aliphatic imine (C=N–C) groups is 1. The van der Waals surface area contributed by atoms with Crippen molar-refractivity contribution in [1.29, 1.82) is 0 Å². The first kappa shape index (κ1) is 25.7. The first-order valence-electron chi connectivity index (χ1n) is 12.2. The van der Waals surface area contributed by atoms with Crippen molar-refractivity contribution < 1.29 is 23.9 Å². The summed E-state index contributed by atoms with van der Waals surface area (Å²) in [6.45, 7) is 0.652. The minimum atomic E-state index is -0.764. The first-order valence-corrected chi connectivity index (χ1v) is 12.2. The van der Waals surface area contributed by atoms with Crippen LogP contribution in [0.25, 0.3) is 0 Å². The highest BCUT2D eigenvalue weighted by Crippen LogP contribution is 2.55. The van der Waals surface area contributed by atoms with Gasteiger partial charge in [0.1, 0.15) is 0 Å². The smallest absolute Gasteiger partial charge is 0.415 e. The van der Waals surface area contributed by atoms with Crippen molar-refractivity contribution in [3.8, 4) is 11.5 Å². The Balaban J connectivity index is 1.36. The van der Waals surface area contributed by atoms with Gasteiger partial charge in [-0.05, 0) is 43.9 Å². The fourth-order valence-electron chi connectivity index (χ4n) is 5.41. The number of nitrogens with zero attached hydrogens (tertiary/aromatic N) is 2.